The predicted octanol–water partition coefficient (Wildman–Crippen LogP) is 7.67. The highest BCUT2D eigenvalue weighted by molar-refractivity contribution is 7.95. The van der Waals surface area contributed by atoms with E-state index in [1.54, 1.807) is 12.0 Å². The minimum atomic E-state index is -2.54. The van der Waals surface area contributed by atoms with Gasteiger partial charge in [-0.05, 0) is 82.7 Å². The molecule has 9 unspecified atom stereocenters. The number of epoxide rings is 2. The molecule has 9 atom stereocenters. The fraction of sp³-hybridized carbons (Fsp3) is 1.00. The lowest BCUT2D eigenvalue weighted by atomic mass is 9.88. The fourth-order valence-corrected chi connectivity index (χ4v) is 22.3. The van der Waals surface area contributed by atoms with Crippen LogP contribution in [-0.4, -0.2) is 62.5 Å². The Morgan fingerprint density at radius 3 is 1.97 bits per heavy atom. The number of rotatable bonds is 18. The third-order valence-electron chi connectivity index (χ3n) is 8.78. The molecule has 4 fully saturated rings. The second kappa shape index (κ2) is 13.6. The van der Waals surface area contributed by atoms with Crippen molar-refractivity contribution in [3.63, 3.8) is 0 Å². The van der Waals surface area contributed by atoms with Crippen LogP contribution in [0.2, 0.25) is 37.8 Å². The summed E-state index contributed by atoms with van der Waals surface area (Å²) in [6.07, 6.45) is 14.2. The van der Waals surface area contributed by atoms with Gasteiger partial charge in [0.05, 0.1) is 24.4 Å². The van der Waals surface area contributed by atoms with Crippen molar-refractivity contribution < 1.29 is 26.0 Å². The molecule has 0 N–H and O–H groups in total. The van der Waals surface area contributed by atoms with Gasteiger partial charge in [0.1, 0.15) is 17.1 Å². The highest BCUT2D eigenvalue weighted by atomic mass is 32.2. The summed E-state index contributed by atoms with van der Waals surface area (Å²) in [6, 6.07) is 3.08. The lowest BCUT2D eigenvalue weighted by molar-refractivity contribution is 0.223. The zero-order chi connectivity index (χ0) is 26.5. The maximum atomic E-state index is 7.32. The second-order valence-electron chi connectivity index (χ2n) is 12.6. The van der Waals surface area contributed by atoms with Crippen LogP contribution in [0, 0.1) is 11.8 Å². The first kappa shape index (κ1) is 30.7. The molecule has 2 aliphatic carbocycles. The van der Waals surface area contributed by atoms with E-state index in [2.05, 4.69) is 40.4 Å². The molecule has 0 spiro atoms. The van der Waals surface area contributed by atoms with E-state index in [0.717, 1.165) is 48.6 Å². The van der Waals surface area contributed by atoms with Crippen LogP contribution >= 0.6 is 12.0 Å². The Morgan fingerprint density at radius 2 is 1.41 bits per heavy atom. The summed E-state index contributed by atoms with van der Waals surface area (Å²) in [4.78, 5) is 0. The molecule has 37 heavy (non-hydrogen) atoms. The van der Waals surface area contributed by atoms with Crippen LogP contribution in [0.5, 0.6) is 0 Å². The van der Waals surface area contributed by atoms with Crippen molar-refractivity contribution in [2.75, 3.05) is 12.4 Å². The molecule has 218 valence electrons. The summed E-state index contributed by atoms with van der Waals surface area (Å²) in [6.45, 7) is 14.2. The zero-order valence-corrected chi connectivity index (χ0v) is 28.2. The number of hydrogen-bond donors (Lipinski definition) is 0. The largest absolute Gasteiger partial charge is 0.572 e. The first-order chi connectivity index (χ1) is 17.7. The number of ether oxygens (including phenoxy) is 2. The Bertz CT molecular complexity index is 716. The van der Waals surface area contributed by atoms with Gasteiger partial charge in [-0.1, -0.05) is 38.7 Å². The SMILES string of the molecule is CCCSO[Si-](C)(CCC1CCC2OC2C1)O[Si](C)(CCC1CCC2OC2C1)O[Si-](C)(CCC)OCC. The highest BCUT2D eigenvalue weighted by Gasteiger charge is 2.46. The van der Waals surface area contributed by atoms with Crippen LogP contribution in [0.4, 0.5) is 0 Å². The molecular formula is C27H54O6SSi3-2. The Balaban J connectivity index is 1.44. The monoisotopic (exact) mass is 590 g/mol. The van der Waals surface area contributed by atoms with Gasteiger partial charge in [-0.3, -0.25) is 0 Å². The van der Waals surface area contributed by atoms with Crippen LogP contribution in [0.3, 0.4) is 0 Å². The van der Waals surface area contributed by atoms with E-state index in [1.807, 2.05) is 0 Å². The summed E-state index contributed by atoms with van der Waals surface area (Å²) in [7, 11) is -7.31. The smallest absolute Gasteiger partial charge is 0.257 e. The van der Waals surface area contributed by atoms with Crippen LogP contribution < -0.4 is 0 Å². The molecule has 10 heteroatoms. The molecule has 2 saturated carbocycles. The average molecular weight is 591 g/mol. The summed E-state index contributed by atoms with van der Waals surface area (Å²) < 4.78 is 39.2. The normalized spacial score (nSPS) is 35.5. The van der Waals surface area contributed by atoms with E-state index in [9.17, 15) is 0 Å². The lowest BCUT2D eigenvalue weighted by Gasteiger charge is -2.54. The number of hydrogen-bond acceptors (Lipinski definition) is 7. The summed E-state index contributed by atoms with van der Waals surface area (Å²) in [5, 5.41) is 0. The molecule has 0 aromatic heterocycles. The topological polar surface area (TPSA) is 62.0 Å². The predicted molar refractivity (Wildman–Crippen MR) is 158 cm³/mol. The molecule has 0 radical (unpaired) electrons. The molecule has 4 rings (SSSR count). The zero-order valence-electron chi connectivity index (χ0n) is 24.4. The molecule has 0 aromatic rings. The van der Waals surface area contributed by atoms with Crippen LogP contribution in [-0.2, 0) is 26.0 Å². The maximum Gasteiger partial charge on any atom is 0.257 e. The Hall–Kier alpha value is 0.761. The van der Waals surface area contributed by atoms with E-state index >= 15 is 0 Å². The van der Waals surface area contributed by atoms with Gasteiger partial charge in [0, 0.05) is 12.4 Å². The van der Waals surface area contributed by atoms with Gasteiger partial charge in [-0.15, -0.1) is 25.2 Å². The van der Waals surface area contributed by atoms with Crippen molar-refractivity contribution in [2.24, 2.45) is 11.8 Å². The quantitative estimate of drug-likeness (QED) is 0.0702. The van der Waals surface area contributed by atoms with Gasteiger partial charge in [0.15, 0.2) is 0 Å². The third-order valence-corrected chi connectivity index (χ3v) is 22.8. The van der Waals surface area contributed by atoms with E-state index in [-0.39, 0.29) is 0 Å². The lowest BCUT2D eigenvalue weighted by Crippen LogP contribution is -2.57. The molecule has 0 aromatic carbocycles. The number of fused-ring (bicyclic) bond motifs is 2. The van der Waals surface area contributed by atoms with Crippen molar-refractivity contribution in [3.05, 3.63) is 0 Å². The van der Waals surface area contributed by atoms with Crippen molar-refractivity contribution in [1.29, 1.82) is 0 Å². The van der Waals surface area contributed by atoms with Crippen LogP contribution in [0.1, 0.15) is 85.0 Å². The van der Waals surface area contributed by atoms with Gasteiger partial charge in [-0.2, -0.15) is 0 Å². The van der Waals surface area contributed by atoms with E-state index in [0.29, 0.717) is 31.0 Å². The maximum absolute atomic E-state index is 7.32. The molecule has 4 aliphatic rings. The summed E-state index contributed by atoms with van der Waals surface area (Å²) in [5.41, 5.74) is 0. The van der Waals surface area contributed by atoms with Crippen molar-refractivity contribution in [1.82, 2.24) is 0 Å². The van der Waals surface area contributed by atoms with Gasteiger partial charge < -0.3 is 26.0 Å². The van der Waals surface area contributed by atoms with Crippen LogP contribution in [0.15, 0.2) is 0 Å². The van der Waals surface area contributed by atoms with Gasteiger partial charge in [0.25, 0.3) is 8.56 Å². The van der Waals surface area contributed by atoms with E-state index in [1.165, 1.54) is 51.4 Å². The Morgan fingerprint density at radius 1 is 0.784 bits per heavy atom. The Kier molecular flexibility index (Phi) is 11.3. The minimum Gasteiger partial charge on any atom is -0.572 e. The minimum absolute atomic E-state index is 0.524. The molecule has 6 nitrogen and oxygen atoms in total. The molecule has 2 aliphatic heterocycles. The van der Waals surface area contributed by atoms with Crippen molar-refractivity contribution in [3.8, 4) is 0 Å². The molecule has 2 saturated heterocycles. The fourth-order valence-electron chi connectivity index (χ4n) is 6.74. The van der Waals surface area contributed by atoms with Gasteiger partial charge in [0.2, 0.25) is 0 Å². The van der Waals surface area contributed by atoms with Crippen molar-refractivity contribution >= 4 is 37.7 Å². The first-order valence-electron chi connectivity index (χ1n) is 15.3. The standard InChI is InChI=1S/C27H54O6SSi3/c1-7-16-34-31-36(5,18-14-22-10-12-24-26(20-22)29-24)33-37(6,32-35(4,17-8-2)28-9-3)19-15-23-11-13-25-27(21-23)30-25/h22-27H,7-21H2,1-6H3/q-2. The van der Waals surface area contributed by atoms with Gasteiger partial charge >= 0.3 is 0 Å². The molecule has 2 heterocycles. The summed E-state index contributed by atoms with van der Waals surface area (Å²) >= 11 is 1.63. The summed E-state index contributed by atoms with van der Waals surface area (Å²) in [5.74, 6) is 2.48. The average Bonchev–Trinajstić information content (AvgIpc) is 3.76. The van der Waals surface area contributed by atoms with Crippen LogP contribution in [0.25, 0.3) is 0 Å². The molecular weight excluding hydrogens is 537 g/mol. The molecule has 0 bridgehead atoms. The molecule has 0 amide bonds. The van der Waals surface area contributed by atoms with E-state index < -0.39 is 25.7 Å². The third kappa shape index (κ3) is 9.39. The Labute approximate surface area is 234 Å². The second-order valence-corrected chi connectivity index (χ2v) is 24.1. The highest BCUT2D eigenvalue weighted by Crippen LogP contribution is 2.44. The van der Waals surface area contributed by atoms with Crippen molar-refractivity contribution in [2.45, 2.75) is 147 Å². The van der Waals surface area contributed by atoms with E-state index in [4.69, 9.17) is 26.0 Å². The first-order valence-corrected chi connectivity index (χ1v) is 23.8. The van der Waals surface area contributed by atoms with Gasteiger partial charge in [-0.25, -0.2) is 0 Å².